The second-order valence-corrected chi connectivity index (χ2v) is 12.9. The highest BCUT2D eigenvalue weighted by Crippen LogP contribution is 2.03. The molecule has 3 aromatic rings. The quantitative estimate of drug-likeness (QED) is 0.335. The first-order valence-corrected chi connectivity index (χ1v) is 14.2. The molecule has 2 atom stereocenters. The molecule has 4 heteroatoms. The van der Waals surface area contributed by atoms with Crippen LogP contribution in [0.3, 0.4) is 0 Å². The van der Waals surface area contributed by atoms with Gasteiger partial charge in [-0.25, -0.2) is 0 Å². The summed E-state index contributed by atoms with van der Waals surface area (Å²) in [5.41, 5.74) is 10.0. The monoisotopic (exact) mass is 434 g/mol. The fourth-order valence-corrected chi connectivity index (χ4v) is 7.24. The van der Waals surface area contributed by atoms with E-state index in [0.29, 0.717) is 11.0 Å². The Morgan fingerprint density at radius 1 is 0.571 bits per heavy atom. The van der Waals surface area contributed by atoms with Crippen molar-refractivity contribution >= 4 is 51.2 Å². The Labute approximate surface area is 180 Å². The van der Waals surface area contributed by atoms with Gasteiger partial charge in [-0.05, 0) is 28.6 Å². The summed E-state index contributed by atoms with van der Waals surface area (Å²) in [5.74, 6) is 6.63. The predicted molar refractivity (Wildman–Crippen MR) is 128 cm³/mol. The van der Waals surface area contributed by atoms with Gasteiger partial charge in [-0.3, -0.25) is 0 Å². The number of rotatable bonds is 4. The van der Waals surface area contributed by atoms with E-state index in [1.807, 2.05) is 54.6 Å². The van der Waals surface area contributed by atoms with E-state index in [4.69, 9.17) is 23.2 Å². The molecule has 3 aromatic carbocycles. The third-order valence-corrected chi connectivity index (χ3v) is 10.2. The molecule has 0 saturated carbocycles. The average Bonchev–Trinajstić information content (AvgIpc) is 2.76. The summed E-state index contributed by atoms with van der Waals surface area (Å²) in [4.78, 5) is 0. The lowest BCUT2D eigenvalue weighted by Gasteiger charge is -2.04. The molecule has 0 amide bonds. The van der Waals surface area contributed by atoms with Crippen molar-refractivity contribution in [3.63, 3.8) is 0 Å². The van der Waals surface area contributed by atoms with Crippen molar-refractivity contribution in [2.45, 2.75) is 0 Å². The van der Waals surface area contributed by atoms with E-state index >= 15 is 0 Å². The normalized spacial score (nSPS) is 12.1. The van der Waals surface area contributed by atoms with E-state index in [1.54, 1.807) is 0 Å². The van der Waals surface area contributed by atoms with E-state index in [2.05, 4.69) is 53.3 Å². The third-order valence-electron chi connectivity index (χ3n) is 4.36. The minimum atomic E-state index is -1.48. The molecule has 0 saturated heterocycles. The van der Waals surface area contributed by atoms with Crippen LogP contribution in [-0.2, 0) is 0 Å². The van der Waals surface area contributed by atoms with Gasteiger partial charge in [0.2, 0.25) is 0 Å². The van der Waals surface area contributed by atoms with Crippen molar-refractivity contribution in [1.82, 2.24) is 0 Å². The Hall–Kier alpha value is -2.21. The van der Waals surface area contributed by atoms with Crippen LogP contribution in [0.1, 0.15) is 11.1 Å². The lowest BCUT2D eigenvalue weighted by Crippen LogP contribution is -2.30. The highest BCUT2D eigenvalue weighted by atomic mass is 35.5. The van der Waals surface area contributed by atoms with Crippen molar-refractivity contribution in [2.75, 3.05) is 11.0 Å². The molecule has 0 spiro atoms. The smallest absolute Gasteiger partial charge is 0.129 e. The first kappa shape index (κ1) is 20.5. The van der Waals surface area contributed by atoms with Gasteiger partial charge in [0.15, 0.2) is 17.6 Å². The van der Waals surface area contributed by atoms with Gasteiger partial charge in [0.25, 0.3) is 0 Å². The summed E-state index contributed by atoms with van der Waals surface area (Å²) in [6.07, 6.45) is 0. The molecule has 0 aliphatic carbocycles. The van der Waals surface area contributed by atoms with Gasteiger partial charge >= 0.3 is 0 Å². The topological polar surface area (TPSA) is 0 Å². The summed E-state index contributed by atoms with van der Waals surface area (Å²) in [7, 11) is -2.96. The third kappa shape index (κ3) is 5.89. The summed E-state index contributed by atoms with van der Waals surface area (Å²) in [6, 6.07) is 28.8. The molecule has 0 aliphatic rings. The lowest BCUT2D eigenvalue weighted by molar-refractivity contribution is 1.60. The fraction of sp³-hybridized carbons (Fsp3) is 0.0833. The molecule has 2 unspecified atom stereocenters. The zero-order chi connectivity index (χ0) is 19.6. The fourth-order valence-electron chi connectivity index (χ4n) is 2.81. The number of benzene rings is 3. The molecule has 0 heterocycles. The van der Waals surface area contributed by atoms with Crippen LogP contribution in [0, 0.1) is 22.9 Å². The van der Waals surface area contributed by atoms with Crippen LogP contribution in [0.5, 0.6) is 0 Å². The largest absolute Gasteiger partial charge is 0.168 e. The van der Waals surface area contributed by atoms with Crippen molar-refractivity contribution in [3.8, 4) is 22.9 Å². The maximum absolute atomic E-state index is 6.19. The van der Waals surface area contributed by atoms with Gasteiger partial charge < -0.3 is 0 Å². The van der Waals surface area contributed by atoms with Gasteiger partial charge in [-0.2, -0.15) is 0 Å². The Morgan fingerprint density at radius 2 is 1.00 bits per heavy atom. The summed E-state index contributed by atoms with van der Waals surface area (Å²) in [6.45, 7) is 0. The first-order chi connectivity index (χ1) is 13.8. The van der Waals surface area contributed by atoms with Gasteiger partial charge in [0, 0.05) is 22.1 Å². The van der Waals surface area contributed by atoms with Crippen molar-refractivity contribution in [1.29, 1.82) is 0 Å². The van der Waals surface area contributed by atoms with E-state index in [0.717, 1.165) is 11.1 Å². The van der Waals surface area contributed by atoms with Gasteiger partial charge in [0.05, 0.1) is 0 Å². The zero-order valence-electron chi connectivity index (χ0n) is 15.4. The van der Waals surface area contributed by atoms with Crippen molar-refractivity contribution in [3.05, 3.63) is 96.1 Å². The van der Waals surface area contributed by atoms with Crippen LogP contribution in [-0.4, -0.2) is 28.6 Å². The second-order valence-electron chi connectivity index (χ2n) is 6.35. The second kappa shape index (κ2) is 11.0. The molecule has 0 N–H and O–H groups in total. The highest BCUT2D eigenvalue weighted by Gasteiger charge is 2.09. The predicted octanol–water partition coefficient (Wildman–Crippen LogP) is 3.29. The van der Waals surface area contributed by atoms with Gasteiger partial charge in [-0.15, -0.1) is 34.3 Å². The Balaban J connectivity index is 1.79. The maximum Gasteiger partial charge on any atom is 0.168 e. The van der Waals surface area contributed by atoms with Crippen molar-refractivity contribution in [2.24, 2.45) is 0 Å². The van der Waals surface area contributed by atoms with Crippen LogP contribution in [0.25, 0.3) is 0 Å². The van der Waals surface area contributed by atoms with Crippen LogP contribution >= 0.6 is 23.2 Å². The van der Waals surface area contributed by atoms with Crippen LogP contribution in [0.15, 0.2) is 84.9 Å². The van der Waals surface area contributed by atoms with Crippen LogP contribution < -0.4 is 10.4 Å². The standard InChI is InChI=1S/C24H20Cl2Si2/c25-19-27(23-10-3-1-4-11-23)16-14-21-8-7-9-22(18-21)15-17-28(20-26)24-12-5-2-6-13-24/h1-13,18,27-28H,19-20H2. The Morgan fingerprint density at radius 3 is 1.39 bits per heavy atom. The number of hydrogen-bond donors (Lipinski definition) is 0. The minimum absolute atomic E-state index is 0.608. The zero-order valence-corrected chi connectivity index (χ0v) is 19.2. The molecule has 0 fully saturated rings. The van der Waals surface area contributed by atoms with E-state index < -0.39 is 17.6 Å². The van der Waals surface area contributed by atoms with Gasteiger partial charge in [0.1, 0.15) is 0 Å². The van der Waals surface area contributed by atoms with E-state index in [1.165, 1.54) is 10.4 Å². The molecule has 0 aromatic heterocycles. The molecule has 138 valence electrons. The average molecular weight is 436 g/mol. The molecule has 0 radical (unpaired) electrons. The van der Waals surface area contributed by atoms with Crippen LogP contribution in [0.2, 0.25) is 0 Å². The summed E-state index contributed by atoms with van der Waals surface area (Å²) < 4.78 is 0. The van der Waals surface area contributed by atoms with Gasteiger partial charge in [-0.1, -0.05) is 78.6 Å². The molecular weight excluding hydrogens is 415 g/mol. The molecular formula is C24H20Cl2Si2. The SMILES string of the molecule is ClC[SiH](C#Cc1cccc(C#C[SiH](CCl)c2ccccc2)c1)c1ccccc1. The van der Waals surface area contributed by atoms with E-state index in [-0.39, 0.29) is 0 Å². The van der Waals surface area contributed by atoms with Crippen molar-refractivity contribution < 1.29 is 0 Å². The summed E-state index contributed by atoms with van der Waals surface area (Å²) >= 11 is 12.4. The highest BCUT2D eigenvalue weighted by molar-refractivity contribution is 6.86. The van der Waals surface area contributed by atoms with E-state index in [9.17, 15) is 0 Å². The Kier molecular flexibility index (Phi) is 8.03. The summed E-state index contributed by atoms with van der Waals surface area (Å²) in [5, 5.41) is 2.56. The van der Waals surface area contributed by atoms with Crippen LogP contribution in [0.4, 0.5) is 0 Å². The molecule has 0 aliphatic heterocycles. The number of alkyl halides is 2. The molecule has 3 rings (SSSR count). The maximum atomic E-state index is 6.19. The molecule has 0 bridgehead atoms. The number of hydrogen-bond acceptors (Lipinski definition) is 0. The first-order valence-electron chi connectivity index (χ1n) is 9.15. The Bertz CT molecular complexity index is 931. The lowest BCUT2D eigenvalue weighted by atomic mass is 10.1. The number of halogens is 2. The minimum Gasteiger partial charge on any atom is -0.129 e. The molecule has 0 nitrogen and oxygen atoms in total. The molecule has 28 heavy (non-hydrogen) atoms.